The number of rotatable bonds is 4. The number of carbonyl (C=O) groups is 2. The standard InChI is InChI=1S/C18H18N4O.C5H10O2/c19-13-14-1-5-16(6-2-14)21-18(23)15-3-7-17(8-4-15)22-11-9-20-10-12-22;1-5(2,3)7-4-6/h1-8,20H,9-12H2,(H,21,23);4H,1-3H3. The molecule has 30 heavy (non-hydrogen) atoms. The largest absolute Gasteiger partial charge is 0.462 e. The van der Waals surface area contributed by atoms with E-state index in [1.807, 2.05) is 45.0 Å². The Hall–Kier alpha value is -3.37. The summed E-state index contributed by atoms with van der Waals surface area (Å²) < 4.78 is 4.55. The summed E-state index contributed by atoms with van der Waals surface area (Å²) >= 11 is 0. The molecule has 0 aromatic heterocycles. The average molecular weight is 409 g/mol. The van der Waals surface area contributed by atoms with Gasteiger partial charge in [0.1, 0.15) is 5.60 Å². The fraction of sp³-hybridized carbons (Fsp3) is 0.348. The van der Waals surface area contributed by atoms with Crippen LogP contribution in [0.3, 0.4) is 0 Å². The second kappa shape index (κ2) is 11.0. The lowest BCUT2D eigenvalue weighted by atomic mass is 10.1. The molecule has 3 rings (SSSR count). The molecule has 0 atom stereocenters. The SMILES string of the molecule is CC(C)(C)OC=O.N#Cc1ccc(NC(=O)c2ccc(N3CCNCC3)cc2)cc1. The average Bonchev–Trinajstić information content (AvgIpc) is 2.74. The van der Waals surface area contributed by atoms with Gasteiger partial charge in [0.15, 0.2) is 0 Å². The summed E-state index contributed by atoms with van der Waals surface area (Å²) in [4.78, 5) is 24.2. The summed E-state index contributed by atoms with van der Waals surface area (Å²) in [7, 11) is 0. The second-order valence-electron chi connectivity index (χ2n) is 7.75. The number of hydrogen-bond donors (Lipinski definition) is 2. The quantitative estimate of drug-likeness (QED) is 0.755. The summed E-state index contributed by atoms with van der Waals surface area (Å²) in [6, 6.07) is 16.5. The Bertz CT molecular complexity index is 859. The lowest BCUT2D eigenvalue weighted by Crippen LogP contribution is -2.43. The molecule has 1 aliphatic heterocycles. The van der Waals surface area contributed by atoms with E-state index in [1.54, 1.807) is 24.3 Å². The van der Waals surface area contributed by atoms with Gasteiger partial charge in [0, 0.05) is 43.1 Å². The van der Waals surface area contributed by atoms with Crippen molar-refractivity contribution in [1.29, 1.82) is 5.26 Å². The van der Waals surface area contributed by atoms with Gasteiger partial charge in [0.05, 0.1) is 11.6 Å². The minimum absolute atomic E-state index is 0.151. The molecular formula is C23H28N4O3. The first kappa shape index (κ1) is 22.9. The molecule has 0 radical (unpaired) electrons. The molecule has 0 bridgehead atoms. The maximum absolute atomic E-state index is 12.3. The smallest absolute Gasteiger partial charge is 0.293 e. The molecule has 1 amide bonds. The van der Waals surface area contributed by atoms with Gasteiger partial charge in [-0.2, -0.15) is 5.26 Å². The van der Waals surface area contributed by atoms with Crippen LogP contribution in [0.5, 0.6) is 0 Å². The highest BCUT2D eigenvalue weighted by molar-refractivity contribution is 6.04. The number of amides is 1. The number of piperazine rings is 1. The predicted molar refractivity (Wildman–Crippen MR) is 118 cm³/mol. The second-order valence-corrected chi connectivity index (χ2v) is 7.75. The lowest BCUT2D eigenvalue weighted by molar-refractivity contribution is -0.138. The minimum atomic E-state index is -0.318. The van der Waals surface area contributed by atoms with E-state index in [0.29, 0.717) is 23.3 Å². The van der Waals surface area contributed by atoms with Crippen LogP contribution >= 0.6 is 0 Å². The zero-order chi connectivity index (χ0) is 22.0. The van der Waals surface area contributed by atoms with Crippen LogP contribution in [0.2, 0.25) is 0 Å². The van der Waals surface area contributed by atoms with Gasteiger partial charge in [-0.3, -0.25) is 9.59 Å². The molecule has 2 aromatic carbocycles. The van der Waals surface area contributed by atoms with Crippen LogP contribution in [0.1, 0.15) is 36.7 Å². The number of hydrogen-bond acceptors (Lipinski definition) is 6. The molecule has 0 saturated carbocycles. The third-order valence-electron chi connectivity index (χ3n) is 4.29. The molecule has 7 heteroatoms. The molecule has 0 aliphatic carbocycles. The van der Waals surface area contributed by atoms with Crippen LogP contribution in [0.25, 0.3) is 0 Å². The summed E-state index contributed by atoms with van der Waals surface area (Å²) in [5, 5.41) is 14.9. The fourth-order valence-electron chi connectivity index (χ4n) is 2.72. The molecule has 7 nitrogen and oxygen atoms in total. The maximum Gasteiger partial charge on any atom is 0.293 e. The van der Waals surface area contributed by atoms with Gasteiger partial charge in [-0.25, -0.2) is 0 Å². The molecule has 2 aromatic rings. The zero-order valence-electron chi connectivity index (χ0n) is 17.6. The van der Waals surface area contributed by atoms with E-state index in [2.05, 4.69) is 26.3 Å². The van der Waals surface area contributed by atoms with Crippen molar-refractivity contribution in [2.24, 2.45) is 0 Å². The van der Waals surface area contributed by atoms with Gasteiger partial charge >= 0.3 is 0 Å². The van der Waals surface area contributed by atoms with E-state index in [1.165, 1.54) is 0 Å². The van der Waals surface area contributed by atoms with Crippen molar-refractivity contribution < 1.29 is 14.3 Å². The highest BCUT2D eigenvalue weighted by atomic mass is 16.5. The molecule has 2 N–H and O–H groups in total. The Morgan fingerprint density at radius 1 is 1.10 bits per heavy atom. The number of carbonyl (C=O) groups excluding carboxylic acids is 2. The van der Waals surface area contributed by atoms with E-state index in [0.717, 1.165) is 31.9 Å². The van der Waals surface area contributed by atoms with Crippen molar-refractivity contribution in [3.8, 4) is 6.07 Å². The highest BCUT2D eigenvalue weighted by Crippen LogP contribution is 2.17. The van der Waals surface area contributed by atoms with Gasteiger partial charge in [-0.15, -0.1) is 0 Å². The number of anilines is 2. The van der Waals surface area contributed by atoms with E-state index in [9.17, 15) is 9.59 Å². The van der Waals surface area contributed by atoms with Crippen molar-refractivity contribution in [2.45, 2.75) is 26.4 Å². The van der Waals surface area contributed by atoms with Crippen LogP contribution < -0.4 is 15.5 Å². The van der Waals surface area contributed by atoms with Gasteiger partial charge in [-0.1, -0.05) is 0 Å². The van der Waals surface area contributed by atoms with Crippen LogP contribution in [-0.2, 0) is 9.53 Å². The summed E-state index contributed by atoms with van der Waals surface area (Å²) in [6.45, 7) is 9.86. The lowest BCUT2D eigenvalue weighted by Gasteiger charge is -2.29. The normalized spacial score (nSPS) is 13.3. The molecule has 1 saturated heterocycles. The summed E-state index contributed by atoms with van der Waals surface area (Å²) in [5.41, 5.74) is 2.69. The van der Waals surface area contributed by atoms with Crippen LogP contribution in [0, 0.1) is 11.3 Å². The van der Waals surface area contributed by atoms with Crippen molar-refractivity contribution >= 4 is 23.8 Å². The first-order valence-electron chi connectivity index (χ1n) is 9.81. The highest BCUT2D eigenvalue weighted by Gasteiger charge is 2.12. The number of nitrogens with zero attached hydrogens (tertiary/aromatic N) is 2. The molecule has 158 valence electrons. The van der Waals surface area contributed by atoms with Gasteiger partial charge in [-0.05, 0) is 69.3 Å². The molecule has 1 heterocycles. The Kier molecular flexibility index (Phi) is 8.39. The van der Waals surface area contributed by atoms with Crippen LogP contribution in [0.4, 0.5) is 11.4 Å². The van der Waals surface area contributed by atoms with Gasteiger partial charge in [0.25, 0.3) is 12.4 Å². The molecule has 0 unspecified atom stereocenters. The third kappa shape index (κ3) is 7.57. The number of nitriles is 1. The predicted octanol–water partition coefficient (Wildman–Crippen LogP) is 3.18. The molecule has 1 aliphatic rings. The number of ether oxygens (including phenoxy) is 1. The molecule has 1 fully saturated rings. The van der Waals surface area contributed by atoms with E-state index >= 15 is 0 Å². The van der Waals surface area contributed by atoms with E-state index < -0.39 is 0 Å². The first-order valence-corrected chi connectivity index (χ1v) is 9.81. The van der Waals surface area contributed by atoms with Crippen LogP contribution in [-0.4, -0.2) is 44.2 Å². The fourth-order valence-corrected chi connectivity index (χ4v) is 2.72. The molecule has 0 spiro atoms. The number of benzene rings is 2. The topological polar surface area (TPSA) is 94.5 Å². The van der Waals surface area contributed by atoms with Gasteiger partial charge in [0.2, 0.25) is 0 Å². The van der Waals surface area contributed by atoms with Crippen molar-refractivity contribution in [2.75, 3.05) is 36.4 Å². The third-order valence-corrected chi connectivity index (χ3v) is 4.29. The molecular weight excluding hydrogens is 380 g/mol. The zero-order valence-corrected chi connectivity index (χ0v) is 17.6. The van der Waals surface area contributed by atoms with E-state index in [-0.39, 0.29) is 11.5 Å². The Balaban J connectivity index is 0.000000396. The first-order chi connectivity index (χ1) is 14.3. The number of nitrogens with one attached hydrogen (secondary N) is 2. The summed E-state index contributed by atoms with van der Waals surface area (Å²) in [5.74, 6) is -0.151. The van der Waals surface area contributed by atoms with Crippen molar-refractivity contribution in [1.82, 2.24) is 5.32 Å². The van der Waals surface area contributed by atoms with E-state index in [4.69, 9.17) is 5.26 Å². The Labute approximate surface area is 177 Å². The minimum Gasteiger partial charge on any atom is -0.462 e. The summed E-state index contributed by atoms with van der Waals surface area (Å²) in [6.07, 6.45) is 0. The van der Waals surface area contributed by atoms with Gasteiger partial charge < -0.3 is 20.3 Å². The van der Waals surface area contributed by atoms with Crippen molar-refractivity contribution in [3.05, 3.63) is 59.7 Å². The Morgan fingerprint density at radius 2 is 1.70 bits per heavy atom. The van der Waals surface area contributed by atoms with Crippen molar-refractivity contribution in [3.63, 3.8) is 0 Å². The Morgan fingerprint density at radius 3 is 2.17 bits per heavy atom. The van der Waals surface area contributed by atoms with Crippen LogP contribution in [0.15, 0.2) is 48.5 Å². The monoisotopic (exact) mass is 408 g/mol. The maximum atomic E-state index is 12.3.